The minimum absolute atomic E-state index is 0. The molecule has 0 spiro atoms. The van der Waals surface area contributed by atoms with Crippen LogP contribution in [-0.2, 0) is 12.2 Å². The summed E-state index contributed by atoms with van der Waals surface area (Å²) in [5.74, 6) is 2.26. The quantitative estimate of drug-likeness (QED) is 0.213. The van der Waals surface area contributed by atoms with Crippen LogP contribution >= 0.6 is 49.0 Å². The van der Waals surface area contributed by atoms with Crippen LogP contribution in [0.4, 0.5) is 0 Å². The second-order valence-electron chi connectivity index (χ2n) is 5.70. The standard InChI is InChI=1S/C16H27N7S.3ClH/c1-3-13(8-24-9-15-12(2)20-11-22-15)23-16(17)19-6-4-5-14-7-18-10-21-14;;;/h7,10-11,13H,3-6,8-9H2,1-2H3,(H,18,21)(H,20,22)(H3,17,19,23);3*1H/t13-;;;/m0.../s1. The molecule has 2 heterocycles. The predicted molar refractivity (Wildman–Crippen MR) is 121 cm³/mol. The lowest BCUT2D eigenvalue weighted by Crippen LogP contribution is -2.44. The molecule has 2 aromatic heterocycles. The van der Waals surface area contributed by atoms with Gasteiger partial charge in [-0.2, -0.15) is 11.8 Å². The first kappa shape index (κ1) is 28.1. The molecule has 1 atom stereocenters. The van der Waals surface area contributed by atoms with Gasteiger partial charge in [0.2, 0.25) is 0 Å². The molecule has 0 bridgehead atoms. The second kappa shape index (κ2) is 15.9. The molecule has 0 aliphatic rings. The van der Waals surface area contributed by atoms with Crippen molar-refractivity contribution in [2.45, 2.75) is 44.9 Å². The number of rotatable bonds is 10. The number of imidazole rings is 2. The van der Waals surface area contributed by atoms with Gasteiger partial charge in [0.05, 0.1) is 24.0 Å². The Kier molecular flexibility index (Phi) is 16.6. The number of aromatic nitrogens is 4. The molecule has 0 aliphatic carbocycles. The highest BCUT2D eigenvalue weighted by Gasteiger charge is 2.09. The first-order chi connectivity index (χ1) is 11.7. The van der Waals surface area contributed by atoms with Gasteiger partial charge in [0.25, 0.3) is 0 Å². The fourth-order valence-electron chi connectivity index (χ4n) is 2.26. The molecular formula is C16H30Cl3N7S. The molecule has 0 saturated carbocycles. The van der Waals surface area contributed by atoms with Crippen molar-refractivity contribution in [1.29, 1.82) is 5.41 Å². The third-order valence-electron chi connectivity index (χ3n) is 3.80. The van der Waals surface area contributed by atoms with Gasteiger partial charge in [-0.15, -0.1) is 37.2 Å². The monoisotopic (exact) mass is 457 g/mol. The van der Waals surface area contributed by atoms with Crippen molar-refractivity contribution in [3.8, 4) is 0 Å². The minimum atomic E-state index is 0. The van der Waals surface area contributed by atoms with E-state index in [1.807, 2.05) is 24.9 Å². The fraction of sp³-hybridized carbons (Fsp3) is 0.562. The molecular weight excluding hydrogens is 429 g/mol. The Labute approximate surface area is 183 Å². The second-order valence-corrected chi connectivity index (χ2v) is 6.73. The van der Waals surface area contributed by atoms with E-state index in [0.29, 0.717) is 12.0 Å². The Balaban J connectivity index is 0. The molecule has 156 valence electrons. The minimum Gasteiger partial charge on any atom is -0.357 e. The molecule has 5 N–H and O–H groups in total. The van der Waals surface area contributed by atoms with E-state index in [9.17, 15) is 0 Å². The largest absolute Gasteiger partial charge is 0.357 e. The van der Waals surface area contributed by atoms with Crippen LogP contribution in [0.15, 0.2) is 18.9 Å². The number of nitrogens with zero attached hydrogens (tertiary/aromatic N) is 2. The summed E-state index contributed by atoms with van der Waals surface area (Å²) in [7, 11) is 0. The van der Waals surface area contributed by atoms with Crippen molar-refractivity contribution in [2.75, 3.05) is 12.3 Å². The smallest absolute Gasteiger partial charge is 0.188 e. The van der Waals surface area contributed by atoms with Gasteiger partial charge in [-0.3, -0.25) is 5.41 Å². The van der Waals surface area contributed by atoms with Crippen molar-refractivity contribution in [1.82, 2.24) is 30.6 Å². The molecule has 0 amide bonds. The number of nitrogens with one attached hydrogen (secondary N) is 5. The molecule has 0 aliphatic heterocycles. The third-order valence-corrected chi connectivity index (χ3v) is 4.92. The van der Waals surface area contributed by atoms with Crippen LogP contribution in [0.2, 0.25) is 0 Å². The van der Waals surface area contributed by atoms with Crippen LogP contribution in [0.5, 0.6) is 0 Å². The zero-order valence-corrected chi connectivity index (χ0v) is 18.8. The zero-order valence-electron chi connectivity index (χ0n) is 15.6. The molecule has 0 saturated heterocycles. The maximum Gasteiger partial charge on any atom is 0.188 e. The summed E-state index contributed by atoms with van der Waals surface area (Å²) in [5.41, 5.74) is 3.31. The summed E-state index contributed by atoms with van der Waals surface area (Å²) in [5, 5.41) is 14.4. The Bertz CT molecular complexity index is 607. The van der Waals surface area contributed by atoms with E-state index in [1.165, 1.54) is 0 Å². The number of guanidine groups is 1. The maximum absolute atomic E-state index is 8.01. The molecule has 27 heavy (non-hydrogen) atoms. The molecule has 0 aromatic carbocycles. The Hall–Kier alpha value is -1.09. The summed E-state index contributed by atoms with van der Waals surface area (Å²) in [6.45, 7) is 4.96. The molecule has 0 radical (unpaired) electrons. The zero-order chi connectivity index (χ0) is 17.2. The lowest BCUT2D eigenvalue weighted by Gasteiger charge is -2.19. The summed E-state index contributed by atoms with van der Waals surface area (Å²) in [6.07, 6.45) is 8.21. The third kappa shape index (κ3) is 10.7. The van der Waals surface area contributed by atoms with Gasteiger partial charge in [-0.1, -0.05) is 6.92 Å². The lowest BCUT2D eigenvalue weighted by molar-refractivity contribution is 0.625. The number of H-pyrrole nitrogens is 2. The van der Waals surface area contributed by atoms with Crippen LogP contribution in [0.3, 0.4) is 0 Å². The van der Waals surface area contributed by atoms with Crippen molar-refractivity contribution in [3.05, 3.63) is 35.9 Å². The summed E-state index contributed by atoms with van der Waals surface area (Å²) in [6, 6.07) is 0.292. The number of aromatic amines is 2. The molecule has 7 nitrogen and oxygen atoms in total. The van der Waals surface area contributed by atoms with Gasteiger partial charge < -0.3 is 20.6 Å². The summed E-state index contributed by atoms with van der Waals surface area (Å²) >= 11 is 1.85. The van der Waals surface area contributed by atoms with Crippen LogP contribution in [0.25, 0.3) is 0 Å². The average Bonchev–Trinajstić information content (AvgIpc) is 3.23. The number of hydrogen-bond donors (Lipinski definition) is 5. The average molecular weight is 459 g/mol. The normalized spacial score (nSPS) is 10.7. The van der Waals surface area contributed by atoms with Crippen molar-refractivity contribution < 1.29 is 0 Å². The van der Waals surface area contributed by atoms with Crippen LogP contribution in [0.1, 0.15) is 36.8 Å². The van der Waals surface area contributed by atoms with Gasteiger partial charge in [0, 0.05) is 36.0 Å². The van der Waals surface area contributed by atoms with Crippen LogP contribution < -0.4 is 10.6 Å². The van der Waals surface area contributed by atoms with E-state index in [4.69, 9.17) is 5.41 Å². The molecule has 0 unspecified atom stereocenters. The highest BCUT2D eigenvalue weighted by molar-refractivity contribution is 7.98. The van der Waals surface area contributed by atoms with Gasteiger partial charge in [-0.05, 0) is 26.2 Å². The SMILES string of the molecule is CC[C@@H](CSCc1nc[nH]c1C)NC(=N)NCCCc1c[nH]cn1.Cl.Cl.Cl. The number of aryl methyl sites for hydroxylation is 2. The molecule has 11 heteroatoms. The van der Waals surface area contributed by atoms with Crippen LogP contribution in [-0.4, -0.2) is 44.2 Å². The molecule has 2 aromatic rings. The van der Waals surface area contributed by atoms with E-state index >= 15 is 0 Å². The first-order valence-corrected chi connectivity index (χ1v) is 9.47. The number of hydrogen-bond acceptors (Lipinski definition) is 4. The van der Waals surface area contributed by atoms with Gasteiger partial charge in [0.15, 0.2) is 5.96 Å². The maximum atomic E-state index is 8.01. The fourth-order valence-corrected chi connectivity index (χ4v) is 3.46. The Morgan fingerprint density at radius 2 is 2.04 bits per heavy atom. The van der Waals surface area contributed by atoms with Gasteiger partial charge in [0.1, 0.15) is 0 Å². The predicted octanol–water partition coefficient (Wildman–Crippen LogP) is 3.47. The Morgan fingerprint density at radius 3 is 2.63 bits per heavy atom. The summed E-state index contributed by atoms with van der Waals surface area (Å²) in [4.78, 5) is 14.6. The lowest BCUT2D eigenvalue weighted by atomic mass is 10.2. The van der Waals surface area contributed by atoms with Gasteiger partial charge >= 0.3 is 0 Å². The van der Waals surface area contributed by atoms with E-state index in [1.54, 1.807) is 12.7 Å². The van der Waals surface area contributed by atoms with Gasteiger partial charge in [-0.25, -0.2) is 9.97 Å². The van der Waals surface area contributed by atoms with E-state index in [2.05, 4.69) is 37.5 Å². The molecule has 0 fully saturated rings. The van der Waals surface area contributed by atoms with E-state index in [0.717, 1.165) is 54.4 Å². The topological polar surface area (TPSA) is 105 Å². The Morgan fingerprint density at radius 1 is 1.26 bits per heavy atom. The van der Waals surface area contributed by atoms with Crippen LogP contribution in [0, 0.1) is 12.3 Å². The van der Waals surface area contributed by atoms with Crippen molar-refractivity contribution in [2.24, 2.45) is 0 Å². The highest BCUT2D eigenvalue weighted by atomic mass is 35.5. The van der Waals surface area contributed by atoms with E-state index < -0.39 is 0 Å². The number of halogens is 3. The van der Waals surface area contributed by atoms with Crippen molar-refractivity contribution in [3.63, 3.8) is 0 Å². The highest BCUT2D eigenvalue weighted by Crippen LogP contribution is 2.14. The van der Waals surface area contributed by atoms with Crippen molar-refractivity contribution >= 4 is 54.9 Å². The first-order valence-electron chi connectivity index (χ1n) is 8.32. The summed E-state index contributed by atoms with van der Waals surface area (Å²) < 4.78 is 0. The molecule has 2 rings (SSSR count). The van der Waals surface area contributed by atoms with E-state index in [-0.39, 0.29) is 37.2 Å². The number of thioether (sulfide) groups is 1.